The Labute approximate surface area is 237 Å². The van der Waals surface area contributed by atoms with Crippen LogP contribution < -0.4 is 21.7 Å². The molecule has 0 aromatic heterocycles. The normalized spacial score (nSPS) is 26.3. The second-order valence-electron chi connectivity index (χ2n) is 11.7. The fourth-order valence-corrected chi connectivity index (χ4v) is 6.24. The Morgan fingerprint density at radius 3 is 2.34 bits per heavy atom. The van der Waals surface area contributed by atoms with E-state index in [1.54, 1.807) is 39.2 Å². The summed E-state index contributed by atoms with van der Waals surface area (Å²) in [6, 6.07) is 0.514. The smallest absolute Gasteiger partial charge is 0.255 e. The summed E-state index contributed by atoms with van der Waals surface area (Å²) in [5, 5.41) is 48.5. The summed E-state index contributed by atoms with van der Waals surface area (Å²) in [5.41, 5.74) is 8.89. The summed E-state index contributed by atoms with van der Waals surface area (Å²) in [5.74, 6) is -6.78. The molecule has 1 unspecified atom stereocenters. The zero-order valence-electron chi connectivity index (χ0n) is 24.0. The summed E-state index contributed by atoms with van der Waals surface area (Å²) in [7, 11) is 6.67. The highest BCUT2D eigenvalue weighted by Gasteiger charge is 2.64. The highest BCUT2D eigenvalue weighted by molar-refractivity contribution is 6.24. The Kier molecular flexibility index (Phi) is 7.56. The molecule has 4 atom stereocenters. The van der Waals surface area contributed by atoms with E-state index in [1.165, 1.54) is 4.90 Å². The topological polar surface area (TPSA) is 215 Å². The fraction of sp³-hybridized carbons (Fsp3) is 0.500. The molecule has 13 nitrogen and oxygen atoms in total. The quantitative estimate of drug-likeness (QED) is 0.108. The SMILES string of the molecule is CC(C)CN=C(N)Nc1cc(N(C)C)c2c(c1O)C(O)=C1C(=O)[C@@]3(O)C(O)=C(C(N)=O)C(=O)C(N(C)C)[C@H]3C[C@H]1C2. The van der Waals surface area contributed by atoms with Gasteiger partial charge in [0.15, 0.2) is 17.3 Å². The summed E-state index contributed by atoms with van der Waals surface area (Å²) >= 11 is 0. The number of nitrogens with one attached hydrogen (secondary N) is 1. The van der Waals surface area contributed by atoms with Gasteiger partial charge in [-0.2, -0.15) is 0 Å². The number of Topliss-reactive ketones (excluding diaryl/α,β-unsaturated/α-hetero) is 2. The molecule has 1 fully saturated rings. The molecular weight excluding hydrogens is 532 g/mol. The number of fused-ring (bicyclic) bond motifs is 3. The lowest BCUT2D eigenvalue weighted by Gasteiger charge is -2.50. The zero-order chi connectivity index (χ0) is 30.7. The Morgan fingerprint density at radius 1 is 1.17 bits per heavy atom. The number of phenolic OH excluding ortho intramolecular Hbond substituents is 1. The number of likely N-dealkylation sites (N-methyl/N-ethyl adjacent to an activating group) is 1. The maximum atomic E-state index is 14.0. The minimum Gasteiger partial charge on any atom is -0.508 e. The molecule has 222 valence electrons. The van der Waals surface area contributed by atoms with Gasteiger partial charge in [-0.25, -0.2) is 0 Å². The molecule has 0 aliphatic heterocycles. The Bertz CT molecular complexity index is 1430. The molecule has 0 radical (unpaired) electrons. The third-order valence-electron chi connectivity index (χ3n) is 8.07. The van der Waals surface area contributed by atoms with Crippen LogP contribution in [0.25, 0.3) is 5.76 Å². The Balaban J connectivity index is 1.93. The number of aliphatic imine (C=N–C) groups is 1. The number of primary amides is 1. The molecule has 3 aliphatic rings. The number of carbonyl (C=O) groups is 3. The van der Waals surface area contributed by atoms with Crippen molar-refractivity contribution in [1.82, 2.24) is 4.90 Å². The number of ketones is 2. The number of aliphatic hydroxyl groups excluding tert-OH is 2. The van der Waals surface area contributed by atoms with Crippen molar-refractivity contribution in [1.29, 1.82) is 0 Å². The minimum absolute atomic E-state index is 0.00814. The van der Waals surface area contributed by atoms with Crippen LogP contribution >= 0.6 is 0 Å². The molecule has 1 amide bonds. The average Bonchev–Trinajstić information content (AvgIpc) is 2.85. The number of amides is 1. The first-order valence-corrected chi connectivity index (χ1v) is 13.3. The van der Waals surface area contributed by atoms with Gasteiger partial charge in [0.25, 0.3) is 5.91 Å². The van der Waals surface area contributed by atoms with Crippen molar-refractivity contribution in [3.63, 3.8) is 0 Å². The highest BCUT2D eigenvalue weighted by Crippen LogP contribution is 2.54. The van der Waals surface area contributed by atoms with Crippen LogP contribution in [0.4, 0.5) is 11.4 Å². The molecule has 4 rings (SSSR count). The lowest BCUT2D eigenvalue weighted by molar-refractivity contribution is -0.153. The van der Waals surface area contributed by atoms with Gasteiger partial charge in [-0.3, -0.25) is 24.3 Å². The lowest BCUT2D eigenvalue weighted by Crippen LogP contribution is -2.65. The van der Waals surface area contributed by atoms with Gasteiger partial charge in [-0.05, 0) is 50.4 Å². The molecule has 13 heteroatoms. The van der Waals surface area contributed by atoms with Gasteiger partial charge in [0.05, 0.1) is 17.3 Å². The van der Waals surface area contributed by atoms with Crippen LogP contribution in [-0.2, 0) is 20.8 Å². The highest BCUT2D eigenvalue weighted by atomic mass is 16.3. The van der Waals surface area contributed by atoms with Crippen molar-refractivity contribution in [2.24, 2.45) is 34.2 Å². The van der Waals surface area contributed by atoms with Crippen LogP contribution in [0, 0.1) is 17.8 Å². The average molecular weight is 571 g/mol. The van der Waals surface area contributed by atoms with E-state index >= 15 is 0 Å². The van der Waals surface area contributed by atoms with Crippen LogP contribution in [0.2, 0.25) is 0 Å². The number of carbonyl (C=O) groups excluding carboxylic acids is 3. The summed E-state index contributed by atoms with van der Waals surface area (Å²) in [6.07, 6.45) is 0.182. The standard InChI is InChI=1S/C28H38N6O7/c1-11(2)10-31-27(30)32-15-9-16(33(3)4)13-7-12-8-14-20(34(5)6)23(37)19(26(29)40)25(39)28(14,41)24(38)17(12)22(36)18(13)21(15)35/h9,11-12,14,20,35-36,39,41H,7-8,10H2,1-6H3,(H2,29,40)(H3,30,31,32)/t12-,14-,20?,28-/m1/s1. The first-order chi connectivity index (χ1) is 19.0. The monoisotopic (exact) mass is 570 g/mol. The summed E-state index contributed by atoms with van der Waals surface area (Å²) < 4.78 is 0. The van der Waals surface area contributed by atoms with Crippen molar-refractivity contribution in [3.8, 4) is 5.75 Å². The number of nitrogens with zero attached hydrogens (tertiary/aromatic N) is 3. The Morgan fingerprint density at radius 2 is 1.80 bits per heavy atom. The largest absolute Gasteiger partial charge is 0.508 e. The number of aliphatic hydroxyl groups is 3. The molecule has 0 spiro atoms. The number of hydrogen-bond donors (Lipinski definition) is 7. The van der Waals surface area contributed by atoms with Gasteiger partial charge in [-0.15, -0.1) is 0 Å². The molecule has 1 aromatic carbocycles. The first-order valence-electron chi connectivity index (χ1n) is 13.3. The van der Waals surface area contributed by atoms with E-state index in [1.807, 2.05) is 13.8 Å². The molecule has 0 bridgehead atoms. The molecule has 0 heterocycles. The maximum Gasteiger partial charge on any atom is 0.255 e. The summed E-state index contributed by atoms with van der Waals surface area (Å²) in [4.78, 5) is 46.9. The van der Waals surface area contributed by atoms with Gasteiger partial charge in [0, 0.05) is 37.8 Å². The van der Waals surface area contributed by atoms with Gasteiger partial charge in [0.1, 0.15) is 22.8 Å². The van der Waals surface area contributed by atoms with E-state index < -0.39 is 58.0 Å². The molecule has 1 aromatic rings. The van der Waals surface area contributed by atoms with Gasteiger partial charge in [0.2, 0.25) is 5.78 Å². The minimum atomic E-state index is -2.70. The molecule has 3 aliphatic carbocycles. The number of anilines is 2. The Hall–Kier alpha value is -4.10. The van der Waals surface area contributed by atoms with Gasteiger partial charge < -0.3 is 42.1 Å². The third-order valence-corrected chi connectivity index (χ3v) is 8.07. The first kappa shape index (κ1) is 29.9. The second kappa shape index (κ2) is 10.4. The third kappa shape index (κ3) is 4.58. The lowest BCUT2D eigenvalue weighted by atomic mass is 9.57. The van der Waals surface area contributed by atoms with Crippen molar-refractivity contribution in [2.45, 2.75) is 38.3 Å². The van der Waals surface area contributed by atoms with Crippen LogP contribution in [0.5, 0.6) is 5.75 Å². The van der Waals surface area contributed by atoms with Crippen molar-refractivity contribution in [2.75, 3.05) is 45.0 Å². The maximum absolute atomic E-state index is 14.0. The molecule has 9 N–H and O–H groups in total. The number of hydrogen-bond acceptors (Lipinski definition) is 10. The molecule has 41 heavy (non-hydrogen) atoms. The van der Waals surface area contributed by atoms with E-state index in [0.29, 0.717) is 17.8 Å². The molecular formula is C28H38N6O7. The van der Waals surface area contributed by atoms with Crippen molar-refractivity contribution < 1.29 is 34.8 Å². The van der Waals surface area contributed by atoms with Crippen LogP contribution in [-0.4, -0.2) is 95.1 Å². The number of aromatic hydroxyl groups is 1. The van der Waals surface area contributed by atoms with Crippen LogP contribution in [0.3, 0.4) is 0 Å². The zero-order valence-corrected chi connectivity index (χ0v) is 24.0. The van der Waals surface area contributed by atoms with E-state index in [-0.39, 0.29) is 47.3 Å². The number of rotatable bonds is 6. The predicted molar refractivity (Wildman–Crippen MR) is 154 cm³/mol. The van der Waals surface area contributed by atoms with Crippen LogP contribution in [0.1, 0.15) is 31.4 Å². The van der Waals surface area contributed by atoms with E-state index in [9.17, 15) is 34.8 Å². The molecule has 0 saturated heterocycles. The fourth-order valence-electron chi connectivity index (χ4n) is 6.24. The van der Waals surface area contributed by atoms with Crippen molar-refractivity contribution in [3.05, 3.63) is 34.1 Å². The second-order valence-corrected chi connectivity index (χ2v) is 11.7. The van der Waals surface area contributed by atoms with E-state index in [0.717, 1.165) is 0 Å². The predicted octanol–water partition coefficient (Wildman–Crippen LogP) is 0.413. The van der Waals surface area contributed by atoms with Gasteiger partial charge >= 0.3 is 0 Å². The number of benzene rings is 1. The summed E-state index contributed by atoms with van der Waals surface area (Å²) in [6.45, 7) is 4.39. The van der Waals surface area contributed by atoms with E-state index in [2.05, 4.69) is 10.3 Å². The number of phenols is 1. The number of guanidine groups is 1. The van der Waals surface area contributed by atoms with E-state index in [4.69, 9.17) is 11.5 Å². The van der Waals surface area contributed by atoms with Gasteiger partial charge in [-0.1, -0.05) is 13.8 Å². The number of nitrogens with two attached hydrogens (primary N) is 2. The molecule has 1 saturated carbocycles. The van der Waals surface area contributed by atoms with Crippen LogP contribution in [0.15, 0.2) is 28.0 Å². The van der Waals surface area contributed by atoms with Crippen molar-refractivity contribution >= 4 is 40.6 Å².